The lowest BCUT2D eigenvalue weighted by Gasteiger charge is -2.40. The molecule has 1 spiro atoms. The van der Waals surface area contributed by atoms with Gasteiger partial charge in [0.05, 0.1) is 16.8 Å². The molecular weight excluding hydrogens is 809 g/mol. The molecule has 2 aliphatic rings. The first-order valence-electron chi connectivity index (χ1n) is 22.2. The second kappa shape index (κ2) is 15.0. The van der Waals surface area contributed by atoms with Gasteiger partial charge in [0.1, 0.15) is 11.5 Å². The van der Waals surface area contributed by atoms with Crippen LogP contribution in [0.25, 0.3) is 42.4 Å². The van der Waals surface area contributed by atoms with Crippen LogP contribution in [-0.2, 0) is 5.41 Å². The topological polar surface area (TPSA) is 15.7 Å². The molecule has 0 atom stereocenters. The number of anilines is 6. The first-order valence-corrected chi connectivity index (χ1v) is 23.0. The third-order valence-corrected chi connectivity index (χ3v) is 14.5. The summed E-state index contributed by atoms with van der Waals surface area (Å²) < 4.78 is 9.46. The van der Waals surface area contributed by atoms with E-state index >= 15 is 0 Å². The molecule has 0 amide bonds. The molecule has 3 nitrogen and oxygen atoms in total. The molecule has 0 bridgehead atoms. The van der Waals surface area contributed by atoms with Crippen molar-refractivity contribution in [2.24, 2.45) is 0 Å². The van der Waals surface area contributed by atoms with Crippen LogP contribution < -0.4 is 14.5 Å². The van der Waals surface area contributed by atoms with Crippen LogP contribution in [0.15, 0.2) is 243 Å². The lowest BCUT2D eigenvalue weighted by Crippen LogP contribution is -2.32. The van der Waals surface area contributed by atoms with Crippen molar-refractivity contribution in [2.45, 2.75) is 5.41 Å². The minimum atomic E-state index is -0.605. The summed E-state index contributed by atoms with van der Waals surface area (Å²) in [4.78, 5) is 4.83. The molecule has 1 aliphatic heterocycles. The lowest BCUT2D eigenvalue weighted by atomic mass is 9.66. The summed E-state index contributed by atoms with van der Waals surface area (Å²) in [5.74, 6) is 1.74. The molecule has 1 aliphatic carbocycles. The number of benzene rings is 10. The molecule has 0 fully saturated rings. The van der Waals surface area contributed by atoms with Gasteiger partial charge in [0.25, 0.3) is 0 Å². The SMILES string of the molecule is c1ccc(N(c2ccccc2)c2ccccc2-c2ccccc2N(c2ccc3c(c2)C2(c4ccccc4O3)c3ccccc3-c3ccccc32)c2ccc3c(c2)sc2ccccc23)cc1. The standard InChI is InChI=1S/C61H40N2OS/c1-3-19-41(20-4-1)62(42-21-5-2-6-22-42)55-31-15-9-25-47(55)48-26-10-16-32-56(48)63(44-35-37-50-49-27-11-18-34-59(49)65-60(50)40-44)43-36-38-58-54(39-43)61(53-30-14-17-33-57(53)64-58)51-28-12-7-23-45(51)46-24-8-13-29-52(46)61/h1-40H. The molecule has 13 rings (SSSR count). The maximum absolute atomic E-state index is 6.93. The van der Waals surface area contributed by atoms with E-state index < -0.39 is 5.41 Å². The fourth-order valence-electron chi connectivity index (χ4n) is 10.6. The third kappa shape index (κ3) is 5.74. The van der Waals surface area contributed by atoms with E-state index in [0.717, 1.165) is 67.9 Å². The second-order valence-electron chi connectivity index (χ2n) is 16.8. The summed E-state index contributed by atoms with van der Waals surface area (Å²) in [7, 11) is 0. The van der Waals surface area contributed by atoms with Crippen molar-refractivity contribution < 1.29 is 4.74 Å². The van der Waals surface area contributed by atoms with Crippen molar-refractivity contribution >= 4 is 65.6 Å². The van der Waals surface area contributed by atoms with Crippen molar-refractivity contribution in [3.8, 4) is 33.8 Å². The molecular formula is C61H40N2OS. The number of hydrogen-bond acceptors (Lipinski definition) is 4. The van der Waals surface area contributed by atoms with E-state index in [1.165, 1.54) is 42.4 Å². The first kappa shape index (κ1) is 37.4. The van der Waals surface area contributed by atoms with Gasteiger partial charge in [-0.1, -0.05) is 164 Å². The molecule has 306 valence electrons. The maximum Gasteiger partial charge on any atom is 0.132 e. The zero-order chi connectivity index (χ0) is 42.9. The summed E-state index contributed by atoms with van der Waals surface area (Å²) in [6.07, 6.45) is 0. The zero-order valence-corrected chi connectivity index (χ0v) is 36.1. The van der Waals surface area contributed by atoms with Gasteiger partial charge in [0, 0.05) is 65.2 Å². The van der Waals surface area contributed by atoms with E-state index in [4.69, 9.17) is 4.74 Å². The van der Waals surface area contributed by atoms with Gasteiger partial charge in [-0.15, -0.1) is 11.3 Å². The maximum atomic E-state index is 6.93. The number of ether oxygens (including phenoxy) is 1. The first-order chi connectivity index (χ1) is 32.3. The largest absolute Gasteiger partial charge is 0.457 e. The molecule has 0 saturated carbocycles. The Morgan fingerprint density at radius 1 is 0.308 bits per heavy atom. The smallest absolute Gasteiger partial charge is 0.132 e. The molecule has 0 saturated heterocycles. The Kier molecular flexibility index (Phi) is 8.62. The predicted molar refractivity (Wildman–Crippen MR) is 272 cm³/mol. The van der Waals surface area contributed by atoms with Crippen LogP contribution in [0.5, 0.6) is 11.5 Å². The quantitative estimate of drug-likeness (QED) is 0.159. The van der Waals surface area contributed by atoms with Crippen molar-refractivity contribution in [3.63, 3.8) is 0 Å². The van der Waals surface area contributed by atoms with Crippen LogP contribution in [0.4, 0.5) is 34.1 Å². The summed E-state index contributed by atoms with van der Waals surface area (Å²) >= 11 is 1.85. The Hall–Kier alpha value is -8.18. The summed E-state index contributed by atoms with van der Waals surface area (Å²) in [6, 6.07) is 88.1. The molecule has 2 heterocycles. The van der Waals surface area contributed by atoms with E-state index in [-0.39, 0.29) is 0 Å². The molecule has 0 N–H and O–H groups in total. The van der Waals surface area contributed by atoms with E-state index in [1.807, 2.05) is 11.3 Å². The minimum absolute atomic E-state index is 0.605. The summed E-state index contributed by atoms with van der Waals surface area (Å²) in [5.41, 5.74) is 15.4. The Morgan fingerprint density at radius 3 is 1.43 bits per heavy atom. The van der Waals surface area contributed by atoms with Crippen LogP contribution in [0.2, 0.25) is 0 Å². The van der Waals surface area contributed by atoms with Gasteiger partial charge in [-0.2, -0.15) is 0 Å². The summed E-state index contributed by atoms with van der Waals surface area (Å²) in [5, 5.41) is 2.55. The van der Waals surface area contributed by atoms with E-state index in [1.54, 1.807) is 0 Å². The molecule has 11 aromatic rings. The predicted octanol–water partition coefficient (Wildman–Crippen LogP) is 17.1. The highest BCUT2D eigenvalue weighted by atomic mass is 32.1. The normalized spacial score (nSPS) is 12.9. The summed E-state index contributed by atoms with van der Waals surface area (Å²) in [6.45, 7) is 0. The lowest BCUT2D eigenvalue weighted by molar-refractivity contribution is 0.436. The van der Waals surface area contributed by atoms with Crippen molar-refractivity contribution in [1.29, 1.82) is 0 Å². The van der Waals surface area contributed by atoms with Gasteiger partial charge in [-0.05, 0) is 101 Å². The number of thiophene rings is 1. The van der Waals surface area contributed by atoms with Gasteiger partial charge >= 0.3 is 0 Å². The zero-order valence-electron chi connectivity index (χ0n) is 35.3. The number of para-hydroxylation sites is 5. The fraction of sp³-hybridized carbons (Fsp3) is 0.0164. The molecule has 65 heavy (non-hydrogen) atoms. The Morgan fingerprint density at radius 2 is 0.769 bits per heavy atom. The van der Waals surface area contributed by atoms with Crippen molar-refractivity contribution in [1.82, 2.24) is 0 Å². The van der Waals surface area contributed by atoms with Crippen LogP contribution >= 0.6 is 11.3 Å². The molecule has 0 unspecified atom stereocenters. The Labute approximate surface area is 382 Å². The van der Waals surface area contributed by atoms with Gasteiger partial charge in [-0.25, -0.2) is 0 Å². The third-order valence-electron chi connectivity index (χ3n) is 13.3. The fourth-order valence-corrected chi connectivity index (χ4v) is 11.8. The molecule has 0 radical (unpaired) electrons. The minimum Gasteiger partial charge on any atom is -0.457 e. The number of rotatable bonds is 7. The molecule has 1 aromatic heterocycles. The number of hydrogen-bond donors (Lipinski definition) is 0. The average Bonchev–Trinajstić information content (AvgIpc) is 3.89. The van der Waals surface area contributed by atoms with Crippen LogP contribution in [0.1, 0.15) is 22.3 Å². The van der Waals surface area contributed by atoms with Crippen molar-refractivity contribution in [2.75, 3.05) is 9.80 Å². The van der Waals surface area contributed by atoms with E-state index in [9.17, 15) is 0 Å². The average molecular weight is 849 g/mol. The second-order valence-corrected chi connectivity index (χ2v) is 17.9. The molecule has 10 aromatic carbocycles. The van der Waals surface area contributed by atoms with Gasteiger partial charge in [-0.3, -0.25) is 0 Å². The van der Waals surface area contributed by atoms with Gasteiger partial charge in [0.2, 0.25) is 0 Å². The highest BCUT2D eigenvalue weighted by molar-refractivity contribution is 7.25. The highest BCUT2D eigenvalue weighted by Gasteiger charge is 2.51. The van der Waals surface area contributed by atoms with E-state index in [0.29, 0.717) is 0 Å². The van der Waals surface area contributed by atoms with E-state index in [2.05, 4.69) is 252 Å². The molecule has 4 heteroatoms. The monoisotopic (exact) mass is 848 g/mol. The van der Waals surface area contributed by atoms with Gasteiger partial charge < -0.3 is 14.5 Å². The van der Waals surface area contributed by atoms with Crippen LogP contribution in [0, 0.1) is 0 Å². The number of nitrogens with zero attached hydrogens (tertiary/aromatic N) is 2. The van der Waals surface area contributed by atoms with Crippen LogP contribution in [-0.4, -0.2) is 0 Å². The number of fused-ring (bicyclic) bond motifs is 12. The highest BCUT2D eigenvalue weighted by Crippen LogP contribution is 2.63. The Bertz CT molecular complexity index is 3530. The van der Waals surface area contributed by atoms with Gasteiger partial charge in [0.15, 0.2) is 0 Å². The Balaban J connectivity index is 1.08. The van der Waals surface area contributed by atoms with Crippen LogP contribution in [0.3, 0.4) is 0 Å². The van der Waals surface area contributed by atoms with Crippen molar-refractivity contribution in [3.05, 3.63) is 265 Å².